The molecule has 0 bridgehead atoms. The van der Waals surface area contributed by atoms with E-state index in [1.165, 1.54) is 16.4 Å². The molecule has 1 amide bonds. The smallest absolute Gasteiger partial charge is 0.257 e. The Morgan fingerprint density at radius 3 is 2.30 bits per heavy atom. The van der Waals surface area contributed by atoms with Gasteiger partial charge in [-0.1, -0.05) is 44.2 Å². The number of hydrogen-bond donors (Lipinski definition) is 1. The molecular formula is C20H26N2O4S. The molecule has 0 radical (unpaired) electrons. The zero-order chi connectivity index (χ0) is 19.9. The van der Waals surface area contributed by atoms with Crippen LogP contribution >= 0.6 is 0 Å². The summed E-state index contributed by atoms with van der Waals surface area (Å²) in [7, 11) is -2.06. The molecule has 1 N–H and O–H groups in total. The third-order valence-electron chi connectivity index (χ3n) is 3.86. The van der Waals surface area contributed by atoms with Crippen LogP contribution in [0.1, 0.15) is 19.4 Å². The largest absolute Gasteiger partial charge is 0.484 e. The van der Waals surface area contributed by atoms with Crippen LogP contribution in [0, 0.1) is 5.92 Å². The van der Waals surface area contributed by atoms with E-state index >= 15 is 0 Å². The van der Waals surface area contributed by atoms with Gasteiger partial charge in [-0.2, -0.15) is 4.31 Å². The van der Waals surface area contributed by atoms with Gasteiger partial charge in [-0.25, -0.2) is 8.42 Å². The van der Waals surface area contributed by atoms with Gasteiger partial charge in [0, 0.05) is 20.1 Å². The maximum absolute atomic E-state index is 12.7. The Morgan fingerprint density at radius 1 is 1.07 bits per heavy atom. The van der Waals surface area contributed by atoms with E-state index in [1.807, 2.05) is 44.2 Å². The molecule has 0 heterocycles. The van der Waals surface area contributed by atoms with E-state index < -0.39 is 10.0 Å². The molecule has 0 aromatic heterocycles. The van der Waals surface area contributed by atoms with Crippen molar-refractivity contribution in [1.82, 2.24) is 9.62 Å². The summed E-state index contributed by atoms with van der Waals surface area (Å²) < 4.78 is 32.1. The fourth-order valence-electron chi connectivity index (χ4n) is 2.33. The third-order valence-corrected chi connectivity index (χ3v) is 5.67. The lowest BCUT2D eigenvalue weighted by atomic mass is 10.2. The molecule has 146 valence electrons. The molecular weight excluding hydrogens is 364 g/mol. The van der Waals surface area contributed by atoms with Gasteiger partial charge in [0.15, 0.2) is 6.61 Å². The van der Waals surface area contributed by atoms with E-state index in [4.69, 9.17) is 4.74 Å². The van der Waals surface area contributed by atoms with Crippen molar-refractivity contribution >= 4 is 15.9 Å². The molecule has 27 heavy (non-hydrogen) atoms. The Bertz CT molecular complexity index is 834. The van der Waals surface area contributed by atoms with Gasteiger partial charge in [0.25, 0.3) is 5.91 Å². The number of carbonyl (C=O) groups is 1. The lowest BCUT2D eigenvalue weighted by molar-refractivity contribution is -0.123. The lowest BCUT2D eigenvalue weighted by Crippen LogP contribution is -2.31. The number of carbonyl (C=O) groups excluding carboxylic acids is 1. The number of rotatable bonds is 9. The quantitative estimate of drug-likeness (QED) is 0.714. The normalized spacial score (nSPS) is 11.6. The summed E-state index contributed by atoms with van der Waals surface area (Å²) in [5.74, 6) is 0.605. The van der Waals surface area contributed by atoms with E-state index in [-0.39, 0.29) is 24.0 Å². The Kier molecular flexibility index (Phi) is 7.38. The molecule has 0 saturated heterocycles. The highest BCUT2D eigenvalue weighted by atomic mass is 32.2. The second kappa shape index (κ2) is 9.53. The van der Waals surface area contributed by atoms with Crippen LogP contribution in [0.3, 0.4) is 0 Å². The molecule has 6 nitrogen and oxygen atoms in total. The van der Waals surface area contributed by atoms with Gasteiger partial charge in [0.2, 0.25) is 10.0 Å². The Labute approximate surface area is 161 Å². The molecule has 0 fully saturated rings. The highest BCUT2D eigenvalue weighted by Crippen LogP contribution is 2.20. The molecule has 0 atom stereocenters. The van der Waals surface area contributed by atoms with Crippen molar-refractivity contribution in [2.24, 2.45) is 5.92 Å². The first-order valence-corrected chi connectivity index (χ1v) is 10.2. The van der Waals surface area contributed by atoms with Crippen LogP contribution in [0.5, 0.6) is 5.75 Å². The summed E-state index contributed by atoms with van der Waals surface area (Å²) in [5, 5.41) is 2.76. The number of hydrogen-bond acceptors (Lipinski definition) is 4. The van der Waals surface area contributed by atoms with E-state index in [0.717, 1.165) is 5.56 Å². The predicted octanol–water partition coefficient (Wildman–Crippen LogP) is 2.66. The molecule has 7 heteroatoms. The summed E-state index contributed by atoms with van der Waals surface area (Å²) >= 11 is 0. The SMILES string of the molecule is CC(C)CNC(=O)COc1ccc(S(=O)(=O)N(C)Cc2ccccc2)cc1. The van der Waals surface area contributed by atoms with Gasteiger partial charge in [-0.3, -0.25) is 4.79 Å². The average molecular weight is 391 g/mol. The van der Waals surface area contributed by atoms with Crippen molar-refractivity contribution in [3.63, 3.8) is 0 Å². The molecule has 0 aliphatic rings. The first kappa shape index (κ1) is 20.9. The van der Waals surface area contributed by atoms with Crippen LogP contribution in [-0.2, 0) is 21.4 Å². The zero-order valence-corrected chi connectivity index (χ0v) is 16.7. The number of nitrogens with zero attached hydrogens (tertiary/aromatic N) is 1. The minimum absolute atomic E-state index is 0.104. The molecule has 2 rings (SSSR count). The fraction of sp³-hybridized carbons (Fsp3) is 0.350. The van der Waals surface area contributed by atoms with E-state index in [2.05, 4.69) is 5.32 Å². The average Bonchev–Trinajstić information content (AvgIpc) is 2.65. The van der Waals surface area contributed by atoms with Crippen molar-refractivity contribution in [1.29, 1.82) is 0 Å². The number of benzene rings is 2. The molecule has 0 unspecified atom stereocenters. The van der Waals surface area contributed by atoms with Gasteiger partial charge in [-0.15, -0.1) is 0 Å². The molecule has 0 aliphatic carbocycles. The maximum atomic E-state index is 12.7. The molecule has 0 spiro atoms. The second-order valence-corrected chi connectivity index (χ2v) is 8.75. The number of ether oxygens (including phenoxy) is 1. The number of sulfonamides is 1. The van der Waals surface area contributed by atoms with Crippen LogP contribution in [0.15, 0.2) is 59.5 Å². The van der Waals surface area contributed by atoms with E-state index in [9.17, 15) is 13.2 Å². The highest BCUT2D eigenvalue weighted by Gasteiger charge is 2.20. The summed E-state index contributed by atoms with van der Waals surface area (Å²) in [6, 6.07) is 15.5. The topological polar surface area (TPSA) is 75.7 Å². The van der Waals surface area contributed by atoms with Crippen molar-refractivity contribution in [3.8, 4) is 5.75 Å². The minimum atomic E-state index is -3.60. The van der Waals surface area contributed by atoms with Gasteiger partial charge in [0.1, 0.15) is 5.75 Å². The van der Waals surface area contributed by atoms with Gasteiger partial charge >= 0.3 is 0 Å². The molecule has 2 aromatic rings. The Morgan fingerprint density at radius 2 is 1.70 bits per heavy atom. The summed E-state index contributed by atoms with van der Waals surface area (Å²) in [4.78, 5) is 11.8. The van der Waals surface area contributed by atoms with E-state index in [0.29, 0.717) is 18.2 Å². The first-order valence-electron chi connectivity index (χ1n) is 8.79. The van der Waals surface area contributed by atoms with Crippen LogP contribution in [0.4, 0.5) is 0 Å². The van der Waals surface area contributed by atoms with Crippen molar-refractivity contribution in [2.75, 3.05) is 20.2 Å². The van der Waals surface area contributed by atoms with Gasteiger partial charge in [-0.05, 0) is 35.7 Å². The van der Waals surface area contributed by atoms with Crippen molar-refractivity contribution < 1.29 is 17.9 Å². The monoisotopic (exact) mass is 390 g/mol. The molecule has 2 aromatic carbocycles. The summed E-state index contributed by atoms with van der Waals surface area (Å²) in [5.41, 5.74) is 0.913. The fourth-order valence-corrected chi connectivity index (χ4v) is 3.49. The van der Waals surface area contributed by atoms with E-state index in [1.54, 1.807) is 19.2 Å². The Balaban J connectivity index is 1.95. The van der Waals surface area contributed by atoms with Crippen molar-refractivity contribution in [3.05, 3.63) is 60.2 Å². The maximum Gasteiger partial charge on any atom is 0.257 e. The van der Waals surface area contributed by atoms with Crippen LogP contribution in [-0.4, -0.2) is 38.8 Å². The van der Waals surface area contributed by atoms with Crippen molar-refractivity contribution in [2.45, 2.75) is 25.3 Å². The minimum Gasteiger partial charge on any atom is -0.484 e. The first-order chi connectivity index (χ1) is 12.8. The second-order valence-electron chi connectivity index (χ2n) is 6.70. The highest BCUT2D eigenvalue weighted by molar-refractivity contribution is 7.89. The van der Waals surface area contributed by atoms with Crippen LogP contribution in [0.25, 0.3) is 0 Å². The van der Waals surface area contributed by atoms with Gasteiger partial charge < -0.3 is 10.1 Å². The lowest BCUT2D eigenvalue weighted by Gasteiger charge is -2.17. The number of nitrogens with one attached hydrogen (secondary N) is 1. The van der Waals surface area contributed by atoms with Gasteiger partial charge in [0.05, 0.1) is 4.90 Å². The molecule has 0 aliphatic heterocycles. The van der Waals surface area contributed by atoms with Crippen LogP contribution in [0.2, 0.25) is 0 Å². The number of amides is 1. The third kappa shape index (κ3) is 6.37. The zero-order valence-electron chi connectivity index (χ0n) is 15.9. The predicted molar refractivity (Wildman–Crippen MR) is 105 cm³/mol. The summed E-state index contributed by atoms with van der Waals surface area (Å²) in [6.45, 7) is 4.79. The summed E-state index contributed by atoms with van der Waals surface area (Å²) in [6.07, 6.45) is 0. The molecule has 0 saturated carbocycles. The Hall–Kier alpha value is -2.38. The van der Waals surface area contributed by atoms with Crippen LogP contribution < -0.4 is 10.1 Å². The standard InChI is InChI=1S/C20H26N2O4S/c1-16(2)13-21-20(23)15-26-18-9-11-19(12-10-18)27(24,25)22(3)14-17-7-5-4-6-8-17/h4-12,16H,13-15H2,1-3H3,(H,21,23).